The summed E-state index contributed by atoms with van der Waals surface area (Å²) in [5.41, 5.74) is 0.719. The number of nitrogens with zero attached hydrogens (tertiary/aromatic N) is 2. The number of aliphatic hydroxyl groups excluding tert-OH is 1. The lowest BCUT2D eigenvalue weighted by atomic mass is 9.85. The number of nitriles is 1. The Bertz CT molecular complexity index is 1160. The summed E-state index contributed by atoms with van der Waals surface area (Å²) in [6.45, 7) is 3.91. The highest BCUT2D eigenvalue weighted by atomic mass is 16.6. The number of amides is 2. The Kier molecular flexibility index (Phi) is 6.85. The number of aliphatic hydroxyl groups is 1. The fourth-order valence-electron chi connectivity index (χ4n) is 4.52. The normalized spacial score (nSPS) is 22.4. The first-order chi connectivity index (χ1) is 16.7. The number of hydrogen-bond acceptors (Lipinski definition) is 7. The zero-order chi connectivity index (χ0) is 25.2. The zero-order valence-corrected chi connectivity index (χ0v) is 20.0. The second-order valence-corrected chi connectivity index (χ2v) is 9.26. The van der Waals surface area contributed by atoms with Crippen LogP contribution in [-0.4, -0.2) is 53.4 Å². The second kappa shape index (κ2) is 9.84. The number of benzene rings is 2. The molecule has 184 valence electrons. The molecule has 2 aliphatic heterocycles. The van der Waals surface area contributed by atoms with E-state index < -0.39 is 35.8 Å². The van der Waals surface area contributed by atoms with Crippen LogP contribution in [0.1, 0.15) is 49.4 Å². The van der Waals surface area contributed by atoms with Crippen LogP contribution in [0.3, 0.4) is 0 Å². The number of nitrogens with one attached hydrogen (secondary N) is 1. The zero-order valence-electron chi connectivity index (χ0n) is 20.0. The fraction of sp³-hybridized carbons (Fsp3) is 0.423. The predicted molar refractivity (Wildman–Crippen MR) is 126 cm³/mol. The molecular formula is C26H29N3O6. The Labute approximate surface area is 204 Å². The summed E-state index contributed by atoms with van der Waals surface area (Å²) in [6.07, 6.45) is -0.509. The molecule has 2 aromatic carbocycles. The van der Waals surface area contributed by atoms with Gasteiger partial charge in [-0.15, -0.1) is 0 Å². The van der Waals surface area contributed by atoms with Gasteiger partial charge < -0.3 is 24.6 Å². The van der Waals surface area contributed by atoms with Crippen molar-refractivity contribution in [3.05, 3.63) is 59.2 Å². The lowest BCUT2D eigenvalue weighted by molar-refractivity contribution is -0.129. The summed E-state index contributed by atoms with van der Waals surface area (Å²) in [5, 5.41) is 23.2. The predicted octanol–water partition coefficient (Wildman–Crippen LogP) is 3.06. The van der Waals surface area contributed by atoms with Gasteiger partial charge in [0.15, 0.2) is 0 Å². The summed E-state index contributed by atoms with van der Waals surface area (Å²) in [7, 11) is 1.56. The molecule has 0 radical (unpaired) electrons. The molecule has 9 heteroatoms. The molecule has 0 aromatic heterocycles. The van der Waals surface area contributed by atoms with E-state index in [1.807, 2.05) is 12.1 Å². The van der Waals surface area contributed by atoms with Gasteiger partial charge >= 0.3 is 6.09 Å². The monoisotopic (exact) mass is 479 g/mol. The second-order valence-electron chi connectivity index (χ2n) is 9.26. The van der Waals surface area contributed by atoms with E-state index >= 15 is 0 Å². The molecule has 2 aromatic rings. The molecule has 35 heavy (non-hydrogen) atoms. The van der Waals surface area contributed by atoms with Crippen molar-refractivity contribution in [3.63, 3.8) is 0 Å². The lowest BCUT2D eigenvalue weighted by Crippen LogP contribution is -2.56. The average Bonchev–Trinajstić information content (AvgIpc) is 3.35. The van der Waals surface area contributed by atoms with Gasteiger partial charge in [-0.1, -0.05) is 12.1 Å². The molecular weight excluding hydrogens is 450 g/mol. The van der Waals surface area contributed by atoms with Gasteiger partial charge in [-0.3, -0.25) is 9.69 Å². The van der Waals surface area contributed by atoms with E-state index in [-0.39, 0.29) is 6.61 Å². The van der Waals surface area contributed by atoms with Gasteiger partial charge in [-0.2, -0.15) is 5.26 Å². The maximum absolute atomic E-state index is 13.3. The third-order valence-electron chi connectivity index (χ3n) is 6.46. The van der Waals surface area contributed by atoms with Crippen molar-refractivity contribution in [2.75, 3.05) is 13.7 Å². The summed E-state index contributed by atoms with van der Waals surface area (Å²) < 4.78 is 16.6. The third-order valence-corrected chi connectivity index (χ3v) is 6.46. The van der Waals surface area contributed by atoms with Crippen molar-refractivity contribution in [2.45, 2.75) is 57.1 Å². The van der Waals surface area contributed by atoms with Crippen LogP contribution in [0.2, 0.25) is 0 Å². The van der Waals surface area contributed by atoms with Crippen molar-refractivity contribution in [3.8, 4) is 17.6 Å². The first-order valence-corrected chi connectivity index (χ1v) is 11.5. The number of methoxy groups -OCH3 is 1. The topological polar surface area (TPSA) is 121 Å². The van der Waals surface area contributed by atoms with Crippen LogP contribution in [0.5, 0.6) is 11.5 Å². The van der Waals surface area contributed by atoms with E-state index in [0.29, 0.717) is 42.0 Å². The fourth-order valence-corrected chi connectivity index (χ4v) is 4.52. The van der Waals surface area contributed by atoms with Crippen LogP contribution in [0.25, 0.3) is 0 Å². The van der Waals surface area contributed by atoms with Crippen molar-refractivity contribution in [1.29, 1.82) is 5.26 Å². The highest BCUT2D eigenvalue weighted by Gasteiger charge is 2.45. The van der Waals surface area contributed by atoms with Crippen LogP contribution in [-0.2, 0) is 16.1 Å². The number of carbonyl (C=O) groups excluding carboxylic acids is 2. The van der Waals surface area contributed by atoms with E-state index in [1.54, 1.807) is 51.3 Å². The van der Waals surface area contributed by atoms with Crippen LogP contribution in [0.15, 0.2) is 42.5 Å². The minimum atomic E-state index is -1.07. The van der Waals surface area contributed by atoms with Crippen LogP contribution < -0.4 is 14.8 Å². The van der Waals surface area contributed by atoms with Crippen LogP contribution >= 0.6 is 0 Å². The first-order valence-electron chi connectivity index (χ1n) is 11.5. The molecule has 0 spiro atoms. The number of carbonyl (C=O) groups is 2. The van der Waals surface area contributed by atoms with Gasteiger partial charge in [-0.25, -0.2) is 4.79 Å². The Balaban J connectivity index is 1.48. The maximum Gasteiger partial charge on any atom is 0.410 e. The Morgan fingerprint density at radius 3 is 2.83 bits per heavy atom. The Morgan fingerprint density at radius 2 is 2.09 bits per heavy atom. The highest BCUT2D eigenvalue weighted by molar-refractivity contribution is 5.86. The molecule has 0 unspecified atom stereocenters. The average molecular weight is 480 g/mol. The van der Waals surface area contributed by atoms with Gasteiger partial charge in [0.2, 0.25) is 5.91 Å². The number of likely N-dealkylation sites (tertiary alicyclic amines) is 1. The smallest absolute Gasteiger partial charge is 0.410 e. The van der Waals surface area contributed by atoms with Crippen molar-refractivity contribution >= 4 is 12.0 Å². The lowest BCUT2D eigenvalue weighted by Gasteiger charge is -2.42. The van der Waals surface area contributed by atoms with E-state index in [0.717, 1.165) is 5.56 Å². The molecule has 2 amide bonds. The van der Waals surface area contributed by atoms with Crippen LogP contribution in [0, 0.1) is 11.3 Å². The third kappa shape index (κ3) is 5.03. The first kappa shape index (κ1) is 24.4. The summed E-state index contributed by atoms with van der Waals surface area (Å²) >= 11 is 0. The molecule has 3 atom stereocenters. The van der Waals surface area contributed by atoms with Gasteiger partial charge in [0.1, 0.15) is 35.9 Å². The number of rotatable bonds is 5. The number of fused-ring (bicyclic) bond motifs is 1. The number of ether oxygens (including phenoxy) is 3. The van der Waals surface area contributed by atoms with Crippen molar-refractivity contribution in [2.24, 2.45) is 0 Å². The minimum Gasteiger partial charge on any atom is -0.497 e. The molecule has 2 heterocycles. The molecule has 1 saturated heterocycles. The Hall–Kier alpha value is -3.77. The largest absolute Gasteiger partial charge is 0.497 e. The van der Waals surface area contributed by atoms with Crippen molar-refractivity contribution < 1.29 is 28.9 Å². The van der Waals surface area contributed by atoms with E-state index in [2.05, 4.69) is 11.4 Å². The molecule has 4 rings (SSSR count). The molecule has 0 bridgehead atoms. The van der Waals surface area contributed by atoms with E-state index in [4.69, 9.17) is 14.2 Å². The molecule has 2 N–H and O–H groups in total. The van der Waals surface area contributed by atoms with E-state index in [9.17, 15) is 20.0 Å². The van der Waals surface area contributed by atoms with Crippen molar-refractivity contribution in [1.82, 2.24) is 10.2 Å². The van der Waals surface area contributed by atoms with Gasteiger partial charge in [0, 0.05) is 12.1 Å². The molecule has 2 aliphatic rings. The SMILES string of the molecule is COc1cccc(COC(=O)N2CCC[C@H]2C(=O)N[C@@H]2c3cc(C#N)ccc3OC(C)(C)[C@H]2O)c1. The van der Waals surface area contributed by atoms with E-state index in [1.165, 1.54) is 4.90 Å². The molecule has 9 nitrogen and oxygen atoms in total. The number of hydrogen-bond donors (Lipinski definition) is 2. The highest BCUT2D eigenvalue weighted by Crippen LogP contribution is 2.40. The standard InChI is InChI=1S/C26H29N3O6/c1-26(2)23(30)22(19-13-16(14-27)9-10-21(19)35-26)28-24(31)20-8-5-11-29(20)25(32)34-15-17-6-4-7-18(12-17)33-3/h4,6-7,9-10,12-13,20,22-23,30H,5,8,11,15H2,1-3H3,(H,28,31)/t20-,22+,23-/m0/s1. The minimum absolute atomic E-state index is 0.0536. The summed E-state index contributed by atoms with van der Waals surface area (Å²) in [6, 6.07) is 12.7. The Morgan fingerprint density at radius 1 is 1.29 bits per heavy atom. The van der Waals surface area contributed by atoms with Gasteiger partial charge in [-0.05, 0) is 62.6 Å². The summed E-state index contributed by atoms with van der Waals surface area (Å²) in [5.74, 6) is 0.760. The van der Waals surface area contributed by atoms with Crippen LogP contribution in [0.4, 0.5) is 4.79 Å². The molecule has 1 fully saturated rings. The molecule has 0 aliphatic carbocycles. The summed E-state index contributed by atoms with van der Waals surface area (Å²) in [4.78, 5) is 27.5. The maximum atomic E-state index is 13.3. The molecule has 0 saturated carbocycles. The van der Waals surface area contributed by atoms with Gasteiger partial charge in [0.25, 0.3) is 0 Å². The van der Waals surface area contributed by atoms with Gasteiger partial charge in [0.05, 0.1) is 24.8 Å². The quantitative estimate of drug-likeness (QED) is 0.676.